The average Bonchev–Trinajstić information content (AvgIpc) is 3.39. The van der Waals surface area contributed by atoms with E-state index in [9.17, 15) is 13.2 Å². The van der Waals surface area contributed by atoms with Crippen LogP contribution in [0.3, 0.4) is 0 Å². The highest BCUT2D eigenvalue weighted by atomic mass is 32.2. The van der Waals surface area contributed by atoms with Crippen LogP contribution < -0.4 is 4.90 Å². The summed E-state index contributed by atoms with van der Waals surface area (Å²) in [7, 11) is -2.96. The van der Waals surface area contributed by atoms with E-state index in [1.165, 1.54) is 5.69 Å². The highest BCUT2D eigenvalue weighted by molar-refractivity contribution is 7.91. The summed E-state index contributed by atoms with van der Waals surface area (Å²) in [5.41, 5.74) is 1.23. The Hall–Kier alpha value is -1.60. The fraction of sp³-hybridized carbons (Fsp3) is 0.632. The van der Waals surface area contributed by atoms with Gasteiger partial charge >= 0.3 is 0 Å². The fourth-order valence-corrected chi connectivity index (χ4v) is 5.84. The van der Waals surface area contributed by atoms with Gasteiger partial charge in [0.15, 0.2) is 9.84 Å². The molecule has 2 heterocycles. The van der Waals surface area contributed by atoms with Crippen molar-refractivity contribution in [3.8, 4) is 0 Å². The third-order valence-electron chi connectivity index (χ3n) is 5.68. The van der Waals surface area contributed by atoms with Crippen LogP contribution in [0, 0.1) is 0 Å². The molecular formula is C19H27N3O3S. The molecule has 1 aromatic carbocycles. The molecule has 3 fully saturated rings. The number of carbonyl (C=O) groups excluding carboxylic acids is 1. The molecule has 2 saturated heterocycles. The van der Waals surface area contributed by atoms with E-state index >= 15 is 0 Å². The fourth-order valence-electron chi connectivity index (χ4n) is 4.13. The van der Waals surface area contributed by atoms with Crippen LogP contribution in [0.25, 0.3) is 0 Å². The molecular weight excluding hydrogens is 350 g/mol. The molecule has 26 heavy (non-hydrogen) atoms. The molecule has 0 radical (unpaired) electrons. The Kier molecular flexibility index (Phi) is 4.92. The van der Waals surface area contributed by atoms with Crippen molar-refractivity contribution in [1.29, 1.82) is 0 Å². The molecule has 0 N–H and O–H groups in total. The van der Waals surface area contributed by atoms with Crippen molar-refractivity contribution in [2.45, 2.75) is 31.3 Å². The molecule has 1 atom stereocenters. The molecule has 0 bridgehead atoms. The van der Waals surface area contributed by atoms with Gasteiger partial charge in [-0.15, -0.1) is 0 Å². The van der Waals surface area contributed by atoms with Crippen molar-refractivity contribution < 1.29 is 13.2 Å². The molecule has 1 saturated carbocycles. The first-order valence-electron chi connectivity index (χ1n) is 9.56. The number of anilines is 1. The maximum atomic E-state index is 12.9. The van der Waals surface area contributed by atoms with Crippen LogP contribution in [0.5, 0.6) is 0 Å². The van der Waals surface area contributed by atoms with E-state index in [2.05, 4.69) is 21.9 Å². The van der Waals surface area contributed by atoms with E-state index in [1.54, 1.807) is 0 Å². The lowest BCUT2D eigenvalue weighted by molar-refractivity contribution is -0.135. The van der Waals surface area contributed by atoms with Crippen LogP contribution >= 0.6 is 0 Å². The first kappa shape index (κ1) is 17.8. The highest BCUT2D eigenvalue weighted by Crippen LogP contribution is 2.32. The summed E-state index contributed by atoms with van der Waals surface area (Å²) in [5.74, 6) is 0.490. The highest BCUT2D eigenvalue weighted by Gasteiger charge is 2.42. The summed E-state index contributed by atoms with van der Waals surface area (Å²) >= 11 is 0. The van der Waals surface area contributed by atoms with E-state index in [1.807, 2.05) is 23.1 Å². The summed E-state index contributed by atoms with van der Waals surface area (Å²) < 4.78 is 23.6. The number of piperazine rings is 1. The second kappa shape index (κ2) is 7.19. The first-order valence-corrected chi connectivity index (χ1v) is 11.4. The van der Waals surface area contributed by atoms with Crippen molar-refractivity contribution in [2.75, 3.05) is 49.1 Å². The average molecular weight is 378 g/mol. The summed E-state index contributed by atoms with van der Waals surface area (Å²) in [4.78, 5) is 19.4. The molecule has 142 valence electrons. The van der Waals surface area contributed by atoms with Crippen LogP contribution in [0.1, 0.15) is 19.3 Å². The van der Waals surface area contributed by atoms with Gasteiger partial charge in [-0.25, -0.2) is 8.42 Å². The van der Waals surface area contributed by atoms with Crippen LogP contribution in [0.2, 0.25) is 0 Å². The first-order chi connectivity index (χ1) is 12.5. The van der Waals surface area contributed by atoms with Gasteiger partial charge in [-0.05, 0) is 31.4 Å². The number of carbonyl (C=O) groups is 1. The molecule has 0 unspecified atom stereocenters. The maximum Gasteiger partial charge on any atom is 0.237 e. The molecule has 4 rings (SSSR count). The van der Waals surface area contributed by atoms with Gasteiger partial charge in [0.25, 0.3) is 0 Å². The largest absolute Gasteiger partial charge is 0.369 e. The monoisotopic (exact) mass is 377 g/mol. The normalized spacial score (nSPS) is 26.0. The van der Waals surface area contributed by atoms with Crippen molar-refractivity contribution in [2.24, 2.45) is 0 Å². The van der Waals surface area contributed by atoms with Gasteiger partial charge in [0.05, 0.1) is 18.1 Å². The smallest absolute Gasteiger partial charge is 0.237 e. The van der Waals surface area contributed by atoms with E-state index in [0.29, 0.717) is 13.0 Å². The van der Waals surface area contributed by atoms with Crippen molar-refractivity contribution in [3.63, 3.8) is 0 Å². The number of hydrogen-bond donors (Lipinski definition) is 0. The molecule has 1 aromatic rings. The number of para-hydroxylation sites is 1. The molecule has 3 aliphatic rings. The van der Waals surface area contributed by atoms with Crippen LogP contribution in [-0.4, -0.2) is 80.4 Å². The lowest BCUT2D eigenvalue weighted by atomic mass is 10.2. The number of rotatable bonds is 5. The van der Waals surface area contributed by atoms with Crippen molar-refractivity contribution in [1.82, 2.24) is 9.80 Å². The van der Waals surface area contributed by atoms with Crippen LogP contribution in [0.4, 0.5) is 5.69 Å². The molecule has 6 nitrogen and oxygen atoms in total. The molecule has 0 spiro atoms. The van der Waals surface area contributed by atoms with Crippen LogP contribution in [0.15, 0.2) is 30.3 Å². The van der Waals surface area contributed by atoms with Gasteiger partial charge in [-0.2, -0.15) is 0 Å². The Morgan fingerprint density at radius 3 is 2.27 bits per heavy atom. The molecule has 0 aromatic heterocycles. The number of nitrogens with zero attached hydrogens (tertiary/aromatic N) is 3. The van der Waals surface area contributed by atoms with Gasteiger partial charge < -0.3 is 9.80 Å². The summed E-state index contributed by atoms with van der Waals surface area (Å²) in [6.45, 7) is 3.97. The third-order valence-corrected chi connectivity index (χ3v) is 7.43. The Labute approximate surface area is 155 Å². The minimum atomic E-state index is -2.96. The van der Waals surface area contributed by atoms with Gasteiger partial charge in [0, 0.05) is 44.0 Å². The third kappa shape index (κ3) is 4.04. The van der Waals surface area contributed by atoms with Crippen molar-refractivity contribution in [3.05, 3.63) is 30.3 Å². The van der Waals surface area contributed by atoms with E-state index < -0.39 is 9.84 Å². The minimum Gasteiger partial charge on any atom is -0.369 e. The molecule has 2 aliphatic heterocycles. The van der Waals surface area contributed by atoms with E-state index in [4.69, 9.17) is 0 Å². The Morgan fingerprint density at radius 1 is 1.00 bits per heavy atom. The SMILES string of the molecule is O=C(CN1CCN(c2ccccc2)CC1)N(C1CC1)[C@H]1CCS(=O)(=O)C1. The summed E-state index contributed by atoms with van der Waals surface area (Å²) in [6, 6.07) is 10.5. The zero-order chi connectivity index (χ0) is 18.1. The number of sulfone groups is 1. The van der Waals surface area contributed by atoms with E-state index in [-0.39, 0.29) is 29.5 Å². The number of amides is 1. The second-order valence-electron chi connectivity index (χ2n) is 7.69. The lowest BCUT2D eigenvalue weighted by Gasteiger charge is -2.37. The Bertz CT molecular complexity index is 741. The number of benzene rings is 1. The molecule has 1 aliphatic carbocycles. The zero-order valence-corrected chi connectivity index (χ0v) is 15.9. The summed E-state index contributed by atoms with van der Waals surface area (Å²) in [5, 5.41) is 0. The van der Waals surface area contributed by atoms with Crippen molar-refractivity contribution >= 4 is 21.4 Å². The zero-order valence-electron chi connectivity index (χ0n) is 15.1. The van der Waals surface area contributed by atoms with Gasteiger partial charge in [0.2, 0.25) is 5.91 Å². The van der Waals surface area contributed by atoms with Crippen LogP contribution in [-0.2, 0) is 14.6 Å². The van der Waals surface area contributed by atoms with Gasteiger partial charge in [-0.3, -0.25) is 9.69 Å². The lowest BCUT2D eigenvalue weighted by Crippen LogP contribution is -2.52. The maximum absolute atomic E-state index is 12.9. The standard InChI is InChI=1S/C19H27N3O3S/c23-19(22(17-6-7-17)18-8-13-26(24,25)15-18)14-20-9-11-21(12-10-20)16-4-2-1-3-5-16/h1-5,17-18H,6-15H2/t18-/m0/s1. The quantitative estimate of drug-likeness (QED) is 0.766. The molecule has 1 amide bonds. The second-order valence-corrected chi connectivity index (χ2v) is 9.92. The minimum absolute atomic E-state index is 0.106. The summed E-state index contributed by atoms with van der Waals surface area (Å²) in [6.07, 6.45) is 2.64. The predicted molar refractivity (Wildman–Crippen MR) is 102 cm³/mol. The Balaban J connectivity index is 1.33. The van der Waals surface area contributed by atoms with Gasteiger partial charge in [0.1, 0.15) is 0 Å². The predicted octanol–water partition coefficient (Wildman–Crippen LogP) is 0.987. The van der Waals surface area contributed by atoms with Gasteiger partial charge in [-0.1, -0.05) is 18.2 Å². The van der Waals surface area contributed by atoms with E-state index in [0.717, 1.165) is 39.0 Å². The molecule has 7 heteroatoms. The topological polar surface area (TPSA) is 60.9 Å². The number of hydrogen-bond acceptors (Lipinski definition) is 5. The Morgan fingerprint density at radius 2 is 1.69 bits per heavy atom.